The van der Waals surface area contributed by atoms with Crippen molar-refractivity contribution in [2.75, 3.05) is 6.61 Å². The van der Waals surface area contributed by atoms with E-state index in [0.717, 1.165) is 23.5 Å². The second-order valence-corrected chi connectivity index (χ2v) is 5.69. The van der Waals surface area contributed by atoms with E-state index < -0.39 is 0 Å². The molecule has 0 bridgehead atoms. The Balaban J connectivity index is 2.57. The Morgan fingerprint density at radius 1 is 1.56 bits per heavy atom. The zero-order valence-electron chi connectivity index (χ0n) is 10.6. The van der Waals surface area contributed by atoms with Gasteiger partial charge in [0.1, 0.15) is 5.01 Å². The maximum absolute atomic E-state index is 8.80. The predicted octanol–water partition coefficient (Wildman–Crippen LogP) is 2.44. The molecular weight excluding hydrogens is 220 g/mol. The number of aliphatic hydroxyl groups excluding tert-OH is 1. The number of nitrogens with one attached hydrogen (secondary N) is 1. The van der Waals surface area contributed by atoms with E-state index in [9.17, 15) is 0 Å². The van der Waals surface area contributed by atoms with E-state index in [1.54, 1.807) is 11.3 Å². The minimum Gasteiger partial charge on any atom is -0.396 e. The summed E-state index contributed by atoms with van der Waals surface area (Å²) in [5, 5.41) is 15.6. The fourth-order valence-corrected chi connectivity index (χ4v) is 2.67. The smallest absolute Gasteiger partial charge is 0.112 e. The molecule has 1 rings (SSSR count). The topological polar surface area (TPSA) is 45.1 Å². The van der Waals surface area contributed by atoms with Gasteiger partial charge in [0.25, 0.3) is 0 Å². The van der Waals surface area contributed by atoms with Crippen molar-refractivity contribution in [3.63, 3.8) is 0 Å². The zero-order chi connectivity index (χ0) is 12.2. The third-order valence-electron chi connectivity index (χ3n) is 2.56. The summed E-state index contributed by atoms with van der Waals surface area (Å²) >= 11 is 1.70. The lowest BCUT2D eigenvalue weighted by atomic mass is 10.0. The molecule has 1 unspecified atom stereocenters. The molecule has 16 heavy (non-hydrogen) atoms. The number of aromatic nitrogens is 1. The first kappa shape index (κ1) is 13.6. The van der Waals surface area contributed by atoms with Crippen LogP contribution in [0.25, 0.3) is 0 Å². The fraction of sp³-hybridized carbons (Fsp3) is 0.750. The number of hydrogen-bond acceptors (Lipinski definition) is 4. The molecule has 0 aliphatic carbocycles. The molecule has 2 N–H and O–H groups in total. The highest BCUT2D eigenvalue weighted by atomic mass is 32.1. The summed E-state index contributed by atoms with van der Waals surface area (Å²) in [6.45, 7) is 8.74. The van der Waals surface area contributed by atoms with Crippen LogP contribution in [-0.4, -0.2) is 22.7 Å². The summed E-state index contributed by atoms with van der Waals surface area (Å²) in [4.78, 5) is 4.52. The first-order valence-corrected chi connectivity index (χ1v) is 6.65. The number of hydrogen-bond donors (Lipinski definition) is 2. The van der Waals surface area contributed by atoms with Crippen LogP contribution in [0, 0.1) is 6.92 Å². The van der Waals surface area contributed by atoms with Crippen molar-refractivity contribution in [1.29, 1.82) is 0 Å². The van der Waals surface area contributed by atoms with Crippen molar-refractivity contribution in [2.45, 2.75) is 52.1 Å². The molecule has 1 heterocycles. The summed E-state index contributed by atoms with van der Waals surface area (Å²) in [5.41, 5.74) is 0.992. The summed E-state index contributed by atoms with van der Waals surface area (Å²) < 4.78 is 0. The molecule has 0 aliphatic rings. The van der Waals surface area contributed by atoms with Crippen LogP contribution in [0.2, 0.25) is 0 Å². The van der Waals surface area contributed by atoms with Gasteiger partial charge in [-0.05, 0) is 40.5 Å². The third-order valence-corrected chi connectivity index (χ3v) is 3.84. The minimum atomic E-state index is -0.0895. The summed E-state index contributed by atoms with van der Waals surface area (Å²) in [6, 6.07) is 0.395. The van der Waals surface area contributed by atoms with Crippen LogP contribution in [0.4, 0.5) is 0 Å². The van der Waals surface area contributed by atoms with Crippen molar-refractivity contribution < 1.29 is 5.11 Å². The Bertz CT molecular complexity index is 323. The Hall–Kier alpha value is -0.450. The Kier molecular flexibility index (Phi) is 4.89. The van der Waals surface area contributed by atoms with Crippen LogP contribution < -0.4 is 5.32 Å². The monoisotopic (exact) mass is 242 g/mol. The average molecular weight is 242 g/mol. The van der Waals surface area contributed by atoms with Crippen LogP contribution >= 0.6 is 11.3 Å². The molecule has 0 fully saturated rings. The largest absolute Gasteiger partial charge is 0.396 e. The summed E-state index contributed by atoms with van der Waals surface area (Å²) in [6.07, 6.45) is 1.84. The standard InChI is InChI=1S/C12H22N2OS/c1-9(6-5-7-15)14-12(3,4)11-13-10(2)8-16-11/h8-9,14-15H,5-7H2,1-4H3. The van der Waals surface area contributed by atoms with E-state index >= 15 is 0 Å². The average Bonchev–Trinajstić information content (AvgIpc) is 2.62. The van der Waals surface area contributed by atoms with E-state index in [1.165, 1.54) is 0 Å². The van der Waals surface area contributed by atoms with Crippen LogP contribution in [0.5, 0.6) is 0 Å². The Morgan fingerprint density at radius 3 is 2.75 bits per heavy atom. The van der Waals surface area contributed by atoms with E-state index in [2.05, 4.69) is 36.5 Å². The van der Waals surface area contributed by atoms with Crippen LogP contribution in [-0.2, 0) is 5.54 Å². The first-order valence-electron chi connectivity index (χ1n) is 5.77. The highest BCUT2D eigenvalue weighted by Gasteiger charge is 2.25. The molecule has 1 aromatic rings. The maximum atomic E-state index is 8.80. The van der Waals surface area contributed by atoms with Crippen molar-refractivity contribution in [2.24, 2.45) is 0 Å². The normalized spacial score (nSPS) is 14.1. The van der Waals surface area contributed by atoms with Gasteiger partial charge in [-0.1, -0.05) is 0 Å². The molecule has 4 heteroatoms. The van der Waals surface area contributed by atoms with Gasteiger partial charge in [0.15, 0.2) is 0 Å². The molecule has 3 nitrogen and oxygen atoms in total. The number of rotatable bonds is 6. The van der Waals surface area contributed by atoms with E-state index in [4.69, 9.17) is 5.11 Å². The number of thiazole rings is 1. The van der Waals surface area contributed by atoms with E-state index in [0.29, 0.717) is 6.04 Å². The van der Waals surface area contributed by atoms with Gasteiger partial charge >= 0.3 is 0 Å². The van der Waals surface area contributed by atoms with Crippen LogP contribution in [0.3, 0.4) is 0 Å². The molecule has 1 aromatic heterocycles. The molecule has 0 saturated heterocycles. The first-order chi connectivity index (χ1) is 7.45. The van der Waals surface area contributed by atoms with Gasteiger partial charge in [0.05, 0.1) is 5.54 Å². The van der Waals surface area contributed by atoms with E-state index in [-0.39, 0.29) is 12.1 Å². The van der Waals surface area contributed by atoms with Gasteiger partial charge in [-0.3, -0.25) is 0 Å². The van der Waals surface area contributed by atoms with Crippen LogP contribution in [0.1, 0.15) is 44.3 Å². The van der Waals surface area contributed by atoms with Crippen molar-refractivity contribution >= 4 is 11.3 Å². The lowest BCUT2D eigenvalue weighted by molar-refractivity contribution is 0.264. The molecule has 1 atom stereocenters. The minimum absolute atomic E-state index is 0.0895. The van der Waals surface area contributed by atoms with E-state index in [1.807, 2.05) is 6.92 Å². The van der Waals surface area contributed by atoms with Gasteiger partial charge in [-0.15, -0.1) is 11.3 Å². The predicted molar refractivity (Wildman–Crippen MR) is 68.8 cm³/mol. The number of aliphatic hydroxyl groups is 1. The van der Waals surface area contributed by atoms with Gasteiger partial charge in [-0.25, -0.2) is 4.98 Å². The maximum Gasteiger partial charge on any atom is 0.112 e. The molecule has 0 radical (unpaired) electrons. The quantitative estimate of drug-likeness (QED) is 0.805. The van der Waals surface area contributed by atoms with Crippen molar-refractivity contribution in [1.82, 2.24) is 10.3 Å². The zero-order valence-corrected chi connectivity index (χ0v) is 11.4. The van der Waals surface area contributed by atoms with Gasteiger partial charge in [0.2, 0.25) is 0 Å². The summed E-state index contributed by atoms with van der Waals surface area (Å²) in [5.74, 6) is 0. The Labute approximate surface area is 102 Å². The second-order valence-electron chi connectivity index (χ2n) is 4.83. The molecule has 0 aliphatic heterocycles. The SMILES string of the molecule is Cc1csc(C(C)(C)NC(C)CCCO)n1. The van der Waals surface area contributed by atoms with Crippen molar-refractivity contribution in [3.8, 4) is 0 Å². The lowest BCUT2D eigenvalue weighted by Crippen LogP contribution is -2.42. The Morgan fingerprint density at radius 2 is 2.25 bits per heavy atom. The highest BCUT2D eigenvalue weighted by molar-refractivity contribution is 7.09. The molecule has 92 valence electrons. The number of aryl methyl sites for hydroxylation is 1. The lowest BCUT2D eigenvalue weighted by Gasteiger charge is -2.28. The fourth-order valence-electron chi connectivity index (χ4n) is 1.79. The van der Waals surface area contributed by atoms with Crippen LogP contribution in [0.15, 0.2) is 5.38 Å². The second kappa shape index (κ2) is 5.75. The highest BCUT2D eigenvalue weighted by Crippen LogP contribution is 2.24. The number of nitrogens with zero attached hydrogens (tertiary/aromatic N) is 1. The molecule has 0 spiro atoms. The van der Waals surface area contributed by atoms with Gasteiger partial charge in [0, 0.05) is 23.7 Å². The summed E-state index contributed by atoms with van der Waals surface area (Å²) in [7, 11) is 0. The molecular formula is C12H22N2OS. The molecule has 0 aromatic carbocycles. The van der Waals surface area contributed by atoms with Crippen molar-refractivity contribution in [3.05, 3.63) is 16.1 Å². The van der Waals surface area contributed by atoms with Gasteiger partial charge < -0.3 is 10.4 Å². The molecule has 0 saturated carbocycles. The molecule has 0 amide bonds. The van der Waals surface area contributed by atoms with Gasteiger partial charge in [-0.2, -0.15) is 0 Å². The third kappa shape index (κ3) is 3.85.